The predicted octanol–water partition coefficient (Wildman–Crippen LogP) is -4.58. The van der Waals surface area contributed by atoms with E-state index < -0.39 is 5.97 Å². The Hall–Kier alpha value is -0.360. The molecule has 0 radical (unpaired) electrons. The molecule has 0 saturated heterocycles. The largest absolute Gasteiger partial charge is 0.412 e. The Morgan fingerprint density at radius 3 is 1.32 bits per heavy atom. The van der Waals surface area contributed by atoms with Gasteiger partial charge in [-0.15, -0.1) is 0 Å². The van der Waals surface area contributed by atoms with E-state index in [0.29, 0.717) is 24.1 Å². The molecule has 120 valence electrons. The van der Waals surface area contributed by atoms with Crippen LogP contribution in [0.5, 0.6) is 0 Å². The van der Waals surface area contributed by atoms with Crippen LogP contribution < -0.4 is 5.32 Å². The van der Waals surface area contributed by atoms with E-state index in [1.54, 1.807) is 0 Å². The second-order valence-corrected chi connectivity index (χ2v) is 4.27. The van der Waals surface area contributed by atoms with Gasteiger partial charge < -0.3 is 45.9 Å². The lowest BCUT2D eigenvalue weighted by Gasteiger charge is -2.32. The van der Waals surface area contributed by atoms with Gasteiger partial charge >= 0.3 is 0 Å². The third-order valence-electron chi connectivity index (χ3n) is 2.33. The number of nitrogens with zero attached hydrogens (tertiary/aromatic N) is 1. The molecule has 0 unspecified atom stereocenters. The van der Waals surface area contributed by atoms with E-state index in [2.05, 4.69) is 5.32 Å². The molecule has 0 bridgehead atoms. The summed E-state index contributed by atoms with van der Waals surface area (Å²) >= 11 is 0. The second-order valence-electron chi connectivity index (χ2n) is 4.27. The zero-order chi connectivity index (χ0) is 14.7. The first-order valence-electron chi connectivity index (χ1n) is 5.72. The fraction of sp³-hybridized carbons (Fsp3) is 1.00. The van der Waals surface area contributed by atoms with Crippen molar-refractivity contribution in [1.29, 1.82) is 0 Å². The van der Waals surface area contributed by atoms with E-state index in [-0.39, 0.29) is 31.8 Å². The van der Waals surface area contributed by atoms with Crippen LogP contribution in [0.3, 0.4) is 0 Å². The van der Waals surface area contributed by atoms with Crippen LogP contribution in [0.15, 0.2) is 0 Å². The smallest absolute Gasteiger partial charge is 0.288 e. The van der Waals surface area contributed by atoms with Crippen molar-refractivity contribution >= 4 is 0 Å². The standard InChI is InChI=1S/C7H18NO3.C3H9NO3.H2O/c1-8(2-5-9,3-6-10)4-7-11;1-4-2-3(5,6)7;/h9-11H,2-7H2,1H3;4-7H,2H2,1H3;1H2/q+1;;. The molecule has 9 N–H and O–H groups in total. The monoisotopic (exact) mass is 289 g/mol. The molecule has 0 atom stereocenters. The minimum Gasteiger partial charge on any atom is -0.412 e. The Bertz CT molecular complexity index is 170. The van der Waals surface area contributed by atoms with E-state index >= 15 is 0 Å². The zero-order valence-electron chi connectivity index (χ0n) is 11.6. The van der Waals surface area contributed by atoms with Crippen molar-refractivity contribution in [3.63, 3.8) is 0 Å². The molecule has 0 aromatic rings. The third kappa shape index (κ3) is 17.6. The number of likely N-dealkylation sites (N-methyl/N-ethyl adjacent to an activating group) is 2. The van der Waals surface area contributed by atoms with Gasteiger partial charge in [-0.3, -0.25) is 0 Å². The number of hydrogen-bond donors (Lipinski definition) is 7. The summed E-state index contributed by atoms with van der Waals surface area (Å²) in [6.45, 7) is 1.79. The minimum atomic E-state index is -2.56. The van der Waals surface area contributed by atoms with Gasteiger partial charge in [0.1, 0.15) is 19.6 Å². The summed E-state index contributed by atoms with van der Waals surface area (Å²) in [5, 5.41) is 52.6. The maximum absolute atomic E-state index is 8.68. The van der Waals surface area contributed by atoms with Gasteiger partial charge in [-0.2, -0.15) is 0 Å². The van der Waals surface area contributed by atoms with Gasteiger partial charge in [0.25, 0.3) is 5.97 Å². The van der Waals surface area contributed by atoms with E-state index in [9.17, 15) is 0 Å². The molecule has 19 heavy (non-hydrogen) atoms. The third-order valence-corrected chi connectivity index (χ3v) is 2.33. The Kier molecular flexibility index (Phi) is 15.8. The Balaban J connectivity index is -0.000000280. The van der Waals surface area contributed by atoms with Crippen LogP contribution in [0.25, 0.3) is 0 Å². The molecular formula is C10H29N2O7+. The van der Waals surface area contributed by atoms with Crippen molar-refractivity contribution in [1.82, 2.24) is 5.32 Å². The lowest BCUT2D eigenvalue weighted by Crippen LogP contribution is -2.49. The molecule has 0 heterocycles. The van der Waals surface area contributed by atoms with Gasteiger partial charge in [0, 0.05) is 0 Å². The van der Waals surface area contributed by atoms with Crippen LogP contribution in [0.1, 0.15) is 0 Å². The van der Waals surface area contributed by atoms with E-state index in [4.69, 9.17) is 30.6 Å². The first kappa shape index (κ1) is 23.7. The van der Waals surface area contributed by atoms with Gasteiger partial charge in [0.2, 0.25) is 0 Å². The van der Waals surface area contributed by atoms with E-state index in [1.807, 2.05) is 7.05 Å². The summed E-state index contributed by atoms with van der Waals surface area (Å²) < 4.78 is 0.531. The molecule has 0 aliphatic heterocycles. The van der Waals surface area contributed by atoms with Gasteiger partial charge in [-0.1, -0.05) is 0 Å². The van der Waals surface area contributed by atoms with Crippen LogP contribution in [0.2, 0.25) is 0 Å². The Labute approximate surface area is 113 Å². The quantitative estimate of drug-likeness (QED) is 0.174. The Morgan fingerprint density at radius 1 is 0.895 bits per heavy atom. The molecule has 0 aliphatic rings. The average Bonchev–Trinajstić information content (AvgIpc) is 2.17. The molecular weight excluding hydrogens is 260 g/mol. The van der Waals surface area contributed by atoms with Gasteiger partial charge in [0.05, 0.1) is 33.4 Å². The zero-order valence-corrected chi connectivity index (χ0v) is 11.6. The first-order chi connectivity index (χ1) is 8.24. The molecule has 0 spiro atoms. The molecule has 0 aromatic carbocycles. The average molecular weight is 289 g/mol. The summed E-state index contributed by atoms with van der Waals surface area (Å²) in [4.78, 5) is 0. The lowest BCUT2D eigenvalue weighted by molar-refractivity contribution is -0.910. The Morgan fingerprint density at radius 2 is 1.21 bits per heavy atom. The molecule has 0 fully saturated rings. The molecule has 0 amide bonds. The normalized spacial score (nSPS) is 11.4. The molecule has 0 aliphatic carbocycles. The highest BCUT2D eigenvalue weighted by atomic mass is 16.7. The molecule has 0 aromatic heterocycles. The number of aliphatic hydroxyl groups excluding tert-OH is 3. The van der Waals surface area contributed by atoms with Crippen molar-refractivity contribution in [3.05, 3.63) is 0 Å². The fourth-order valence-electron chi connectivity index (χ4n) is 1.30. The van der Waals surface area contributed by atoms with Crippen LogP contribution >= 0.6 is 0 Å². The highest BCUT2D eigenvalue weighted by molar-refractivity contribution is 4.46. The highest BCUT2D eigenvalue weighted by Crippen LogP contribution is 1.99. The number of rotatable bonds is 8. The van der Waals surface area contributed by atoms with Crippen LogP contribution in [0.4, 0.5) is 0 Å². The maximum atomic E-state index is 8.68. The molecule has 0 rings (SSSR count). The SMILES string of the molecule is CNCC(O)(O)O.C[N+](CCO)(CCO)CCO.O. The number of quaternary nitrogens is 1. The van der Waals surface area contributed by atoms with Gasteiger partial charge in [-0.25, -0.2) is 0 Å². The van der Waals surface area contributed by atoms with Crippen molar-refractivity contribution in [2.75, 3.05) is 60.1 Å². The summed E-state index contributed by atoms with van der Waals surface area (Å²) in [6.07, 6.45) is 0. The predicted molar refractivity (Wildman–Crippen MR) is 69.0 cm³/mol. The number of aliphatic hydroxyl groups is 6. The van der Waals surface area contributed by atoms with Crippen LogP contribution in [-0.2, 0) is 0 Å². The van der Waals surface area contributed by atoms with Crippen molar-refractivity contribution < 1.29 is 40.6 Å². The van der Waals surface area contributed by atoms with E-state index in [0.717, 1.165) is 0 Å². The van der Waals surface area contributed by atoms with Gasteiger partial charge in [0.15, 0.2) is 0 Å². The van der Waals surface area contributed by atoms with Crippen LogP contribution in [-0.4, -0.2) is 107 Å². The van der Waals surface area contributed by atoms with Crippen molar-refractivity contribution in [2.45, 2.75) is 5.97 Å². The summed E-state index contributed by atoms with van der Waals surface area (Å²) in [5.74, 6) is -2.56. The topological polar surface area (TPSA) is 165 Å². The molecule has 9 nitrogen and oxygen atoms in total. The fourth-order valence-corrected chi connectivity index (χ4v) is 1.30. The van der Waals surface area contributed by atoms with Crippen LogP contribution in [0, 0.1) is 0 Å². The maximum Gasteiger partial charge on any atom is 0.288 e. The van der Waals surface area contributed by atoms with Gasteiger partial charge in [-0.05, 0) is 7.05 Å². The summed E-state index contributed by atoms with van der Waals surface area (Å²) in [5.41, 5.74) is 0. The van der Waals surface area contributed by atoms with E-state index in [1.165, 1.54) is 7.05 Å². The molecule has 9 heteroatoms. The van der Waals surface area contributed by atoms with Crippen molar-refractivity contribution in [2.24, 2.45) is 0 Å². The highest BCUT2D eigenvalue weighted by Gasteiger charge is 2.18. The summed E-state index contributed by atoms with van der Waals surface area (Å²) in [7, 11) is 3.40. The summed E-state index contributed by atoms with van der Waals surface area (Å²) in [6, 6.07) is 0. The second kappa shape index (κ2) is 12.7. The number of hydrogen-bond acceptors (Lipinski definition) is 7. The van der Waals surface area contributed by atoms with Crippen molar-refractivity contribution in [3.8, 4) is 0 Å². The lowest BCUT2D eigenvalue weighted by atomic mass is 10.4. The number of nitrogens with one attached hydrogen (secondary N) is 1. The molecule has 0 saturated carbocycles. The minimum absolute atomic E-state index is 0. The first-order valence-corrected chi connectivity index (χ1v) is 5.72.